The Labute approximate surface area is 272 Å². The monoisotopic (exact) mass is 628 g/mol. The molecule has 0 aromatic heterocycles. The Morgan fingerprint density at radius 3 is 2.22 bits per heavy atom. The van der Waals surface area contributed by atoms with Gasteiger partial charge in [-0.3, -0.25) is 9.59 Å². The second-order valence-corrected chi connectivity index (χ2v) is 12.7. The molecule has 0 radical (unpaired) electrons. The highest BCUT2D eigenvalue weighted by Crippen LogP contribution is 2.42. The van der Waals surface area contributed by atoms with Gasteiger partial charge in [-0.2, -0.15) is 0 Å². The van der Waals surface area contributed by atoms with E-state index in [-0.39, 0.29) is 43.5 Å². The third kappa shape index (κ3) is 9.26. The Morgan fingerprint density at radius 2 is 1.52 bits per heavy atom. The molecule has 2 fully saturated rings. The van der Waals surface area contributed by atoms with Gasteiger partial charge < -0.3 is 29.9 Å². The molecule has 0 aliphatic carbocycles. The van der Waals surface area contributed by atoms with Gasteiger partial charge in [0, 0.05) is 37.4 Å². The van der Waals surface area contributed by atoms with Crippen molar-refractivity contribution in [3.8, 4) is 11.1 Å². The molecule has 46 heavy (non-hydrogen) atoms. The summed E-state index contributed by atoms with van der Waals surface area (Å²) < 4.78 is 13.5. The van der Waals surface area contributed by atoms with Crippen LogP contribution in [-0.4, -0.2) is 52.7 Å². The summed E-state index contributed by atoms with van der Waals surface area (Å²) in [6, 6.07) is 24.3. The van der Waals surface area contributed by atoms with Crippen LogP contribution < -0.4 is 5.32 Å². The van der Waals surface area contributed by atoms with E-state index in [0.717, 1.165) is 53.0 Å². The number of aliphatic hydroxyl groups excluding tert-OH is 1. The molecule has 1 amide bonds. The van der Waals surface area contributed by atoms with E-state index in [9.17, 15) is 14.7 Å². The van der Waals surface area contributed by atoms with Crippen LogP contribution in [0.15, 0.2) is 72.8 Å². The normalized spacial score (nSPS) is 22.5. The van der Waals surface area contributed by atoms with Crippen molar-refractivity contribution in [3.63, 3.8) is 0 Å². The summed E-state index contributed by atoms with van der Waals surface area (Å²) in [6.45, 7) is 5.68. The first-order chi connectivity index (χ1) is 22.4. The third-order valence-electron chi connectivity index (χ3n) is 9.29. The molecule has 3 aromatic carbocycles. The molecule has 3 N–H and O–H groups in total. The maximum atomic E-state index is 12.3. The largest absolute Gasteiger partial charge is 0.481 e. The number of nitrogens with zero attached hydrogens (tertiary/aromatic N) is 1. The van der Waals surface area contributed by atoms with Gasteiger partial charge >= 0.3 is 5.97 Å². The summed E-state index contributed by atoms with van der Waals surface area (Å²) >= 11 is 0. The zero-order chi connectivity index (χ0) is 32.3. The number of carbonyl (C=O) groups excluding carboxylic acids is 1. The highest BCUT2D eigenvalue weighted by Gasteiger charge is 2.39. The molecule has 8 nitrogen and oxygen atoms in total. The van der Waals surface area contributed by atoms with E-state index in [0.29, 0.717) is 13.0 Å². The Kier molecular flexibility index (Phi) is 12.4. The van der Waals surface area contributed by atoms with E-state index >= 15 is 0 Å². The summed E-state index contributed by atoms with van der Waals surface area (Å²) in [7, 11) is 0. The Morgan fingerprint density at radius 1 is 0.848 bits per heavy atom. The molecule has 3 aromatic rings. The van der Waals surface area contributed by atoms with Gasteiger partial charge in [0.25, 0.3) is 0 Å². The second kappa shape index (κ2) is 16.8. The first-order valence-electron chi connectivity index (χ1n) is 16.8. The minimum absolute atomic E-state index is 0.000192. The van der Waals surface area contributed by atoms with Crippen LogP contribution in [-0.2, 0) is 32.2 Å². The molecule has 0 bridgehead atoms. The maximum Gasteiger partial charge on any atom is 0.303 e. The van der Waals surface area contributed by atoms with Gasteiger partial charge in [0.15, 0.2) is 6.29 Å². The van der Waals surface area contributed by atoms with Crippen LogP contribution in [0.3, 0.4) is 0 Å². The number of carboxylic acids is 1. The number of carboxylic acid groups (broad SMARTS) is 1. The summed E-state index contributed by atoms with van der Waals surface area (Å²) in [5.41, 5.74) is 5.96. The van der Waals surface area contributed by atoms with Crippen molar-refractivity contribution in [2.75, 3.05) is 19.6 Å². The van der Waals surface area contributed by atoms with Gasteiger partial charge in [-0.15, -0.1) is 0 Å². The predicted octanol–water partition coefficient (Wildman–Crippen LogP) is 6.77. The number of hydrogen-bond donors (Lipinski definition) is 3. The SMILES string of the molecule is C[C@H]1[C@@H](CN2CCCCCCC2)O[C@@H](c2ccc(-c3ccccc3CNC(=O)CCCC(=O)O)cc2)O[C@H]1c1ccc(CO)cc1. The van der Waals surface area contributed by atoms with Crippen LogP contribution in [0.5, 0.6) is 0 Å². The molecule has 0 unspecified atom stereocenters. The Hall–Kier alpha value is -3.56. The zero-order valence-electron chi connectivity index (χ0n) is 26.9. The van der Waals surface area contributed by atoms with E-state index in [4.69, 9.17) is 14.6 Å². The number of carbonyl (C=O) groups is 2. The molecule has 2 aliphatic rings. The van der Waals surface area contributed by atoms with E-state index in [1.165, 1.54) is 32.1 Å². The number of likely N-dealkylation sites (tertiary alicyclic amines) is 1. The molecule has 5 rings (SSSR count). The van der Waals surface area contributed by atoms with E-state index < -0.39 is 12.3 Å². The average molecular weight is 629 g/mol. The number of ether oxygens (including phenoxy) is 2. The molecular weight excluding hydrogens is 580 g/mol. The average Bonchev–Trinajstić information content (AvgIpc) is 3.06. The van der Waals surface area contributed by atoms with E-state index in [2.05, 4.69) is 53.5 Å². The lowest BCUT2D eigenvalue weighted by Gasteiger charge is -2.43. The highest BCUT2D eigenvalue weighted by molar-refractivity contribution is 5.77. The number of benzene rings is 3. The van der Waals surface area contributed by atoms with Crippen molar-refractivity contribution in [2.24, 2.45) is 5.92 Å². The van der Waals surface area contributed by atoms with Crippen molar-refractivity contribution in [3.05, 3.63) is 95.1 Å². The molecule has 0 spiro atoms. The molecule has 246 valence electrons. The molecule has 2 heterocycles. The van der Waals surface area contributed by atoms with Gasteiger partial charge in [0.1, 0.15) is 0 Å². The first-order valence-corrected chi connectivity index (χ1v) is 16.8. The Balaban J connectivity index is 1.32. The minimum Gasteiger partial charge on any atom is -0.481 e. The van der Waals surface area contributed by atoms with Crippen molar-refractivity contribution < 1.29 is 29.3 Å². The van der Waals surface area contributed by atoms with Crippen molar-refractivity contribution in [1.29, 1.82) is 0 Å². The van der Waals surface area contributed by atoms with Crippen LogP contribution in [0.1, 0.15) is 92.9 Å². The lowest BCUT2D eigenvalue weighted by atomic mass is 9.89. The third-order valence-corrected chi connectivity index (χ3v) is 9.29. The maximum absolute atomic E-state index is 12.3. The molecule has 2 aliphatic heterocycles. The summed E-state index contributed by atoms with van der Waals surface area (Å²) in [6.07, 6.45) is 6.19. The van der Waals surface area contributed by atoms with Crippen LogP contribution in [0.25, 0.3) is 11.1 Å². The molecule has 8 heteroatoms. The van der Waals surface area contributed by atoms with Gasteiger partial charge in [-0.05, 0) is 60.2 Å². The number of aliphatic carboxylic acids is 1. The summed E-state index contributed by atoms with van der Waals surface area (Å²) in [5, 5.41) is 21.3. The number of aliphatic hydroxyl groups is 1. The number of hydrogen-bond acceptors (Lipinski definition) is 6. The molecule has 0 saturated carbocycles. The van der Waals surface area contributed by atoms with Gasteiger partial charge in [-0.1, -0.05) is 99.0 Å². The predicted molar refractivity (Wildman–Crippen MR) is 178 cm³/mol. The quantitative estimate of drug-likeness (QED) is 0.203. The lowest BCUT2D eigenvalue weighted by Crippen LogP contribution is -2.45. The van der Waals surface area contributed by atoms with Gasteiger partial charge in [0.05, 0.1) is 18.8 Å². The lowest BCUT2D eigenvalue weighted by molar-refractivity contribution is -0.276. The van der Waals surface area contributed by atoms with Gasteiger partial charge in [0.2, 0.25) is 5.91 Å². The Bertz CT molecular complexity index is 1400. The summed E-state index contributed by atoms with van der Waals surface area (Å²) in [5.74, 6) is -0.902. The van der Waals surface area contributed by atoms with E-state index in [1.54, 1.807) is 0 Å². The fourth-order valence-corrected chi connectivity index (χ4v) is 6.54. The van der Waals surface area contributed by atoms with Crippen molar-refractivity contribution in [1.82, 2.24) is 10.2 Å². The van der Waals surface area contributed by atoms with Crippen molar-refractivity contribution >= 4 is 11.9 Å². The van der Waals surface area contributed by atoms with Gasteiger partial charge in [-0.25, -0.2) is 0 Å². The minimum atomic E-state index is -0.893. The molecule has 2 saturated heterocycles. The smallest absolute Gasteiger partial charge is 0.303 e. The van der Waals surface area contributed by atoms with E-state index in [1.807, 2.05) is 36.4 Å². The second-order valence-electron chi connectivity index (χ2n) is 12.7. The fourth-order valence-electron chi connectivity index (χ4n) is 6.54. The topological polar surface area (TPSA) is 108 Å². The first kappa shape index (κ1) is 33.8. The van der Waals surface area contributed by atoms with Crippen LogP contribution >= 0.6 is 0 Å². The number of nitrogens with one attached hydrogen (secondary N) is 1. The molecular formula is C38H48N2O6. The van der Waals surface area contributed by atoms with Crippen molar-refractivity contribution in [2.45, 2.75) is 89.9 Å². The fraction of sp³-hybridized carbons (Fsp3) is 0.474. The number of amides is 1. The summed E-state index contributed by atoms with van der Waals surface area (Å²) in [4.78, 5) is 25.6. The van der Waals surface area contributed by atoms with Crippen LogP contribution in [0.2, 0.25) is 0 Å². The standard InChI is InChI=1S/C38H48N2O6/c1-27-34(25-40-22-7-3-2-4-8-23-40)45-38(46-37(27)30-16-14-28(26-41)15-17-30)31-20-18-29(19-21-31)33-11-6-5-10-32(33)24-39-35(42)12-9-13-36(43)44/h5-6,10-11,14-21,27,34,37-38,41H,2-4,7-9,12-13,22-26H2,1H3,(H,39,42)(H,43,44)/t27-,34+,37+,38+/m0/s1. The number of rotatable bonds is 12. The van der Waals surface area contributed by atoms with Crippen LogP contribution in [0, 0.1) is 5.92 Å². The van der Waals surface area contributed by atoms with Crippen LogP contribution in [0.4, 0.5) is 0 Å². The molecule has 4 atom stereocenters. The highest BCUT2D eigenvalue weighted by atomic mass is 16.7. The zero-order valence-corrected chi connectivity index (χ0v) is 26.9.